The van der Waals surface area contributed by atoms with Crippen LogP contribution >= 0.6 is 11.5 Å². The van der Waals surface area contributed by atoms with Gasteiger partial charge in [0.15, 0.2) is 0 Å². The first-order valence-corrected chi connectivity index (χ1v) is 6.58. The number of nitrogens with zero attached hydrogens (tertiary/aromatic N) is 2. The third kappa shape index (κ3) is 2.59. The van der Waals surface area contributed by atoms with Crippen LogP contribution in [-0.2, 0) is 5.41 Å². The molecular formula is C11H20N4S. The van der Waals surface area contributed by atoms with Crippen LogP contribution < -0.4 is 11.3 Å². The summed E-state index contributed by atoms with van der Waals surface area (Å²) in [5, 5.41) is 4.26. The monoisotopic (exact) mass is 240 g/mol. The van der Waals surface area contributed by atoms with E-state index in [2.05, 4.69) is 35.8 Å². The molecule has 0 aromatic carbocycles. The van der Waals surface area contributed by atoms with Crippen molar-refractivity contribution in [3.63, 3.8) is 0 Å². The van der Waals surface area contributed by atoms with E-state index in [1.807, 2.05) is 0 Å². The zero-order chi connectivity index (χ0) is 11.8. The van der Waals surface area contributed by atoms with Crippen molar-refractivity contribution in [2.24, 2.45) is 11.8 Å². The topological polar surface area (TPSA) is 63.8 Å². The van der Waals surface area contributed by atoms with Crippen molar-refractivity contribution in [2.75, 3.05) is 0 Å². The van der Waals surface area contributed by atoms with Gasteiger partial charge in [0.05, 0.1) is 16.6 Å². The van der Waals surface area contributed by atoms with Gasteiger partial charge in [-0.1, -0.05) is 38.1 Å². The minimum absolute atomic E-state index is 0.0426. The first-order chi connectivity index (χ1) is 7.52. The highest BCUT2D eigenvalue weighted by molar-refractivity contribution is 7.05. The van der Waals surface area contributed by atoms with Gasteiger partial charge in [-0.05, 0) is 23.9 Å². The fraction of sp³-hybridized carbons (Fsp3) is 0.818. The molecule has 1 aliphatic carbocycles. The summed E-state index contributed by atoms with van der Waals surface area (Å²) in [6, 6.07) is 0.224. The molecule has 1 aliphatic rings. The van der Waals surface area contributed by atoms with E-state index < -0.39 is 0 Å². The molecule has 0 radical (unpaired) electrons. The quantitative estimate of drug-likeness (QED) is 0.625. The van der Waals surface area contributed by atoms with Crippen molar-refractivity contribution in [1.29, 1.82) is 0 Å². The van der Waals surface area contributed by atoms with E-state index in [4.69, 9.17) is 5.84 Å². The third-order valence-electron chi connectivity index (χ3n) is 3.01. The summed E-state index contributed by atoms with van der Waals surface area (Å²) < 4.78 is 4.08. The SMILES string of the molecule is CC(C)(C)c1nnsc1C(CC1CC1)NN. The van der Waals surface area contributed by atoms with Crippen LogP contribution in [0.5, 0.6) is 0 Å². The van der Waals surface area contributed by atoms with Crippen molar-refractivity contribution < 1.29 is 0 Å². The Kier molecular flexibility index (Phi) is 3.28. The Balaban J connectivity index is 2.19. The number of rotatable bonds is 4. The van der Waals surface area contributed by atoms with Gasteiger partial charge in [0.25, 0.3) is 0 Å². The van der Waals surface area contributed by atoms with Gasteiger partial charge in [0, 0.05) is 5.41 Å². The number of hydrazine groups is 1. The average Bonchev–Trinajstić information content (AvgIpc) is 2.87. The lowest BCUT2D eigenvalue weighted by atomic mass is 9.89. The van der Waals surface area contributed by atoms with Crippen molar-refractivity contribution in [3.05, 3.63) is 10.6 Å². The molecule has 5 heteroatoms. The molecule has 3 N–H and O–H groups in total. The molecule has 0 bridgehead atoms. The van der Waals surface area contributed by atoms with Crippen LogP contribution in [0.3, 0.4) is 0 Å². The molecule has 1 aromatic heterocycles. The van der Waals surface area contributed by atoms with Crippen LogP contribution in [0.25, 0.3) is 0 Å². The zero-order valence-electron chi connectivity index (χ0n) is 10.2. The van der Waals surface area contributed by atoms with Crippen molar-refractivity contribution >= 4 is 11.5 Å². The second-order valence-corrected chi connectivity index (χ2v) is 6.42. The van der Waals surface area contributed by atoms with Crippen LogP contribution in [0.2, 0.25) is 0 Å². The summed E-state index contributed by atoms with van der Waals surface area (Å²) in [6.45, 7) is 6.49. The smallest absolute Gasteiger partial charge is 0.0857 e. The largest absolute Gasteiger partial charge is 0.271 e. The maximum Gasteiger partial charge on any atom is 0.0857 e. The van der Waals surface area contributed by atoms with Crippen LogP contribution in [-0.4, -0.2) is 9.59 Å². The van der Waals surface area contributed by atoms with Gasteiger partial charge in [-0.25, -0.2) is 0 Å². The maximum atomic E-state index is 5.65. The van der Waals surface area contributed by atoms with Gasteiger partial charge in [0.1, 0.15) is 0 Å². The lowest BCUT2D eigenvalue weighted by molar-refractivity contribution is 0.473. The summed E-state index contributed by atoms with van der Waals surface area (Å²) in [5.41, 5.74) is 4.05. The van der Waals surface area contributed by atoms with Gasteiger partial charge in [-0.2, -0.15) is 0 Å². The van der Waals surface area contributed by atoms with E-state index in [0.29, 0.717) is 0 Å². The summed E-state index contributed by atoms with van der Waals surface area (Å²) in [5.74, 6) is 6.50. The predicted molar refractivity (Wildman–Crippen MR) is 66.0 cm³/mol. The van der Waals surface area contributed by atoms with Crippen LogP contribution in [0, 0.1) is 5.92 Å². The number of hydrogen-bond acceptors (Lipinski definition) is 5. The molecule has 4 nitrogen and oxygen atoms in total. The molecule has 1 unspecified atom stereocenters. The van der Waals surface area contributed by atoms with Crippen LogP contribution in [0.1, 0.15) is 56.6 Å². The fourth-order valence-electron chi connectivity index (χ4n) is 1.88. The average molecular weight is 240 g/mol. The second-order valence-electron chi connectivity index (χ2n) is 5.63. The minimum Gasteiger partial charge on any atom is -0.271 e. The summed E-state index contributed by atoms with van der Waals surface area (Å²) in [4.78, 5) is 1.21. The summed E-state index contributed by atoms with van der Waals surface area (Å²) in [7, 11) is 0. The molecule has 0 saturated heterocycles. The molecule has 0 aliphatic heterocycles. The van der Waals surface area contributed by atoms with Gasteiger partial charge in [0.2, 0.25) is 0 Å². The number of nitrogens with two attached hydrogens (primary N) is 1. The minimum atomic E-state index is 0.0426. The number of nitrogens with one attached hydrogen (secondary N) is 1. The van der Waals surface area contributed by atoms with E-state index in [1.165, 1.54) is 29.3 Å². The van der Waals surface area contributed by atoms with E-state index in [-0.39, 0.29) is 11.5 Å². The fourth-order valence-corrected chi connectivity index (χ4v) is 2.82. The lowest BCUT2D eigenvalue weighted by Gasteiger charge is -2.21. The Morgan fingerprint density at radius 1 is 1.50 bits per heavy atom. The highest BCUT2D eigenvalue weighted by Gasteiger charge is 2.31. The Morgan fingerprint density at radius 3 is 2.69 bits per heavy atom. The van der Waals surface area contributed by atoms with Crippen molar-refractivity contribution in [3.8, 4) is 0 Å². The molecule has 16 heavy (non-hydrogen) atoms. The normalized spacial score (nSPS) is 18.8. The molecule has 1 saturated carbocycles. The zero-order valence-corrected chi connectivity index (χ0v) is 11.0. The van der Waals surface area contributed by atoms with E-state index in [0.717, 1.165) is 18.0 Å². The van der Waals surface area contributed by atoms with Gasteiger partial charge in [-0.15, -0.1) is 5.10 Å². The van der Waals surface area contributed by atoms with Crippen LogP contribution in [0.15, 0.2) is 0 Å². The number of hydrogen-bond donors (Lipinski definition) is 2. The molecule has 2 rings (SSSR count). The molecule has 1 atom stereocenters. The summed E-state index contributed by atoms with van der Waals surface area (Å²) in [6.07, 6.45) is 3.80. The molecular weight excluding hydrogens is 220 g/mol. The van der Waals surface area contributed by atoms with Crippen molar-refractivity contribution in [1.82, 2.24) is 15.0 Å². The molecule has 1 heterocycles. The third-order valence-corrected chi connectivity index (χ3v) is 3.85. The molecule has 0 amide bonds. The summed E-state index contributed by atoms with van der Waals surface area (Å²) >= 11 is 1.48. The first kappa shape index (κ1) is 12.0. The van der Waals surface area contributed by atoms with Gasteiger partial charge in [-0.3, -0.25) is 11.3 Å². The van der Waals surface area contributed by atoms with Crippen LogP contribution in [0.4, 0.5) is 0 Å². The van der Waals surface area contributed by atoms with Gasteiger partial charge < -0.3 is 0 Å². The van der Waals surface area contributed by atoms with E-state index in [1.54, 1.807) is 0 Å². The Bertz CT molecular complexity index is 351. The maximum absolute atomic E-state index is 5.65. The van der Waals surface area contributed by atoms with Crippen molar-refractivity contribution in [2.45, 2.75) is 51.5 Å². The molecule has 0 spiro atoms. The highest BCUT2D eigenvalue weighted by atomic mass is 32.1. The Morgan fingerprint density at radius 2 is 2.19 bits per heavy atom. The van der Waals surface area contributed by atoms with E-state index >= 15 is 0 Å². The molecule has 1 aromatic rings. The van der Waals surface area contributed by atoms with E-state index in [9.17, 15) is 0 Å². The second kappa shape index (κ2) is 4.39. The molecule has 90 valence electrons. The van der Waals surface area contributed by atoms with Gasteiger partial charge >= 0.3 is 0 Å². The Labute approximate surface area is 101 Å². The number of aromatic nitrogens is 2. The molecule has 1 fully saturated rings. The lowest BCUT2D eigenvalue weighted by Crippen LogP contribution is -2.30. The Hall–Kier alpha value is -0.520. The standard InChI is InChI=1S/C11H20N4S/c1-11(2,3)10-9(16-15-14-10)8(13-12)6-7-4-5-7/h7-8,13H,4-6,12H2,1-3H3. The first-order valence-electron chi connectivity index (χ1n) is 5.81. The predicted octanol–water partition coefficient (Wildman–Crippen LogP) is 2.14. The highest BCUT2D eigenvalue weighted by Crippen LogP contribution is 2.40.